The molecule has 7 atom stereocenters. The van der Waals surface area contributed by atoms with Gasteiger partial charge in [0.1, 0.15) is 0 Å². The normalized spacial score (nSPS) is 57.4. The molecule has 0 saturated heterocycles. The fourth-order valence-corrected chi connectivity index (χ4v) is 7.68. The lowest BCUT2D eigenvalue weighted by atomic mass is 9.41. The first-order valence-electron chi connectivity index (χ1n) is 9.35. The van der Waals surface area contributed by atoms with Gasteiger partial charge in [-0.3, -0.25) is 0 Å². The maximum Gasteiger partial charge on any atom is 0.0809 e. The van der Waals surface area contributed by atoms with Crippen molar-refractivity contribution >= 4 is 0 Å². The maximum atomic E-state index is 11.0. The first-order valence-corrected chi connectivity index (χ1v) is 9.35. The van der Waals surface area contributed by atoms with Crippen LogP contribution in [0, 0.1) is 34.0 Å². The zero-order valence-corrected chi connectivity index (χ0v) is 14.3. The van der Waals surface area contributed by atoms with Gasteiger partial charge in [-0.05, 0) is 79.1 Å². The Kier molecular flexibility index (Phi) is 3.18. The Morgan fingerprint density at radius 2 is 1.86 bits per heavy atom. The monoisotopic (exact) mass is 304 g/mol. The second-order valence-corrected chi connectivity index (χ2v) is 9.50. The summed E-state index contributed by atoms with van der Waals surface area (Å²) in [4.78, 5) is 0. The number of rotatable bonds is 1. The summed E-state index contributed by atoms with van der Waals surface area (Å²) in [5.41, 5.74) is 1.63. The summed E-state index contributed by atoms with van der Waals surface area (Å²) in [6.45, 7) is 9.37. The third-order valence-corrected chi connectivity index (χ3v) is 8.70. The highest BCUT2D eigenvalue weighted by Gasteiger charge is 2.66. The van der Waals surface area contributed by atoms with E-state index in [1.807, 2.05) is 0 Å². The number of fused-ring (bicyclic) bond motifs is 3. The lowest BCUT2D eigenvalue weighted by Gasteiger charge is -2.64. The summed E-state index contributed by atoms with van der Waals surface area (Å²) in [7, 11) is 0. The van der Waals surface area contributed by atoms with E-state index in [0.717, 1.165) is 12.0 Å². The number of hydrogen-bond acceptors (Lipinski definition) is 2. The predicted molar refractivity (Wildman–Crippen MR) is 88.3 cm³/mol. The van der Waals surface area contributed by atoms with Gasteiger partial charge in [-0.1, -0.05) is 26.8 Å². The fraction of sp³-hybridized carbons (Fsp3) is 0.900. The molecule has 4 aliphatic carbocycles. The topological polar surface area (TPSA) is 40.5 Å². The van der Waals surface area contributed by atoms with Gasteiger partial charge in [-0.2, -0.15) is 0 Å². The summed E-state index contributed by atoms with van der Waals surface area (Å²) >= 11 is 0. The van der Waals surface area contributed by atoms with Crippen LogP contribution in [0.25, 0.3) is 0 Å². The Hall–Kier alpha value is -0.340. The Morgan fingerprint density at radius 3 is 2.59 bits per heavy atom. The highest BCUT2D eigenvalue weighted by atomic mass is 16.3. The zero-order valence-electron chi connectivity index (χ0n) is 14.3. The third kappa shape index (κ3) is 1.64. The van der Waals surface area contributed by atoms with E-state index in [1.165, 1.54) is 44.9 Å². The molecule has 0 heterocycles. The number of aliphatic hydroxyl groups excluding tert-OH is 2. The van der Waals surface area contributed by atoms with Crippen molar-refractivity contribution in [1.82, 2.24) is 0 Å². The molecule has 1 spiro atoms. The first kappa shape index (κ1) is 15.2. The zero-order chi connectivity index (χ0) is 15.8. The summed E-state index contributed by atoms with van der Waals surface area (Å²) in [6.07, 6.45) is 9.39. The van der Waals surface area contributed by atoms with Crippen LogP contribution < -0.4 is 0 Å². The van der Waals surface area contributed by atoms with E-state index in [9.17, 15) is 10.2 Å². The molecule has 0 amide bonds. The van der Waals surface area contributed by atoms with E-state index in [1.54, 1.807) is 0 Å². The molecule has 4 fully saturated rings. The van der Waals surface area contributed by atoms with E-state index >= 15 is 0 Å². The summed E-state index contributed by atoms with van der Waals surface area (Å²) in [6, 6.07) is 0. The molecule has 0 aliphatic heterocycles. The lowest BCUT2D eigenvalue weighted by Crippen LogP contribution is -2.59. The molecule has 4 rings (SSSR count). The minimum Gasteiger partial charge on any atom is -0.396 e. The van der Waals surface area contributed by atoms with Crippen LogP contribution in [0.4, 0.5) is 0 Å². The molecule has 2 N–H and O–H groups in total. The minimum atomic E-state index is -0.273. The largest absolute Gasteiger partial charge is 0.396 e. The van der Waals surface area contributed by atoms with Gasteiger partial charge in [0.2, 0.25) is 0 Å². The minimum absolute atomic E-state index is 0.0893. The van der Waals surface area contributed by atoms with E-state index in [-0.39, 0.29) is 16.9 Å². The standard InChI is InChI=1S/C20H32O2/c1-13-14-5-6-16-19(3)9-4-8-18(2,12-21)15(19)7-10-20(16,11-14)17(13)22/h14-17,21-22H,1,4-12H2,2-3H3/t14-,15+,16+,17+,18-,19-,20-/m1/s1. The highest BCUT2D eigenvalue weighted by molar-refractivity contribution is 5.27. The molecule has 4 aliphatic rings. The highest BCUT2D eigenvalue weighted by Crippen LogP contribution is 2.71. The van der Waals surface area contributed by atoms with Gasteiger partial charge in [-0.15, -0.1) is 0 Å². The van der Waals surface area contributed by atoms with Gasteiger partial charge in [0.05, 0.1) is 6.10 Å². The van der Waals surface area contributed by atoms with Gasteiger partial charge in [0.15, 0.2) is 0 Å². The summed E-state index contributed by atoms with van der Waals surface area (Å²) < 4.78 is 0. The van der Waals surface area contributed by atoms with Gasteiger partial charge in [0, 0.05) is 12.0 Å². The van der Waals surface area contributed by atoms with Gasteiger partial charge >= 0.3 is 0 Å². The number of aliphatic hydroxyl groups is 2. The van der Waals surface area contributed by atoms with Crippen molar-refractivity contribution in [2.75, 3.05) is 6.61 Å². The molecule has 124 valence electrons. The van der Waals surface area contributed by atoms with E-state index in [2.05, 4.69) is 20.4 Å². The maximum absolute atomic E-state index is 11.0. The Balaban J connectivity index is 1.76. The van der Waals surface area contributed by atoms with Gasteiger partial charge in [-0.25, -0.2) is 0 Å². The van der Waals surface area contributed by atoms with Crippen LogP contribution in [0.1, 0.15) is 65.2 Å². The van der Waals surface area contributed by atoms with Crippen LogP contribution in [0.15, 0.2) is 12.2 Å². The van der Waals surface area contributed by atoms with Crippen LogP contribution in [0.2, 0.25) is 0 Å². The van der Waals surface area contributed by atoms with Gasteiger partial charge < -0.3 is 10.2 Å². The van der Waals surface area contributed by atoms with Crippen molar-refractivity contribution in [2.24, 2.45) is 34.0 Å². The smallest absolute Gasteiger partial charge is 0.0809 e. The van der Waals surface area contributed by atoms with E-state index in [4.69, 9.17) is 0 Å². The molecule has 0 radical (unpaired) electrons. The van der Waals surface area contributed by atoms with Gasteiger partial charge in [0.25, 0.3) is 0 Å². The molecule has 2 heteroatoms. The van der Waals surface area contributed by atoms with Crippen molar-refractivity contribution in [1.29, 1.82) is 0 Å². The Bertz CT molecular complexity index is 500. The predicted octanol–water partition coefficient (Wildman–Crippen LogP) is 3.92. The molecular formula is C20H32O2. The Morgan fingerprint density at radius 1 is 1.09 bits per heavy atom. The first-order chi connectivity index (χ1) is 10.4. The van der Waals surface area contributed by atoms with Crippen LogP contribution in [-0.4, -0.2) is 22.9 Å². The summed E-state index contributed by atoms with van der Waals surface area (Å²) in [5, 5.41) is 21.1. The van der Waals surface area contributed by atoms with E-state index in [0.29, 0.717) is 29.8 Å². The van der Waals surface area contributed by atoms with E-state index < -0.39 is 0 Å². The molecule has 0 aromatic rings. The molecule has 0 aromatic heterocycles. The lowest BCUT2D eigenvalue weighted by molar-refractivity contribution is -0.178. The molecule has 2 nitrogen and oxygen atoms in total. The molecule has 4 saturated carbocycles. The molecule has 2 bridgehead atoms. The second-order valence-electron chi connectivity index (χ2n) is 9.50. The van der Waals surface area contributed by atoms with Crippen molar-refractivity contribution in [3.05, 3.63) is 12.2 Å². The van der Waals surface area contributed by atoms with Crippen molar-refractivity contribution in [3.63, 3.8) is 0 Å². The quantitative estimate of drug-likeness (QED) is 0.721. The van der Waals surface area contributed by atoms with Crippen molar-refractivity contribution in [3.8, 4) is 0 Å². The van der Waals surface area contributed by atoms with Crippen LogP contribution >= 0.6 is 0 Å². The van der Waals surface area contributed by atoms with Crippen molar-refractivity contribution in [2.45, 2.75) is 71.3 Å². The second kappa shape index (κ2) is 4.60. The Labute approximate surface area is 135 Å². The molecule has 0 unspecified atom stereocenters. The van der Waals surface area contributed by atoms with Crippen LogP contribution in [0.3, 0.4) is 0 Å². The SMILES string of the molecule is C=C1[C@@H]2CC[C@H]3[C@]4(C)CCC[C@](C)(CO)[C@@H]4CC[C@]3(C2)[C@H]1O. The van der Waals surface area contributed by atoms with Crippen molar-refractivity contribution < 1.29 is 10.2 Å². The van der Waals surface area contributed by atoms with Crippen LogP contribution in [0.5, 0.6) is 0 Å². The summed E-state index contributed by atoms with van der Waals surface area (Å²) in [5.74, 6) is 1.81. The molecule has 0 aromatic carbocycles. The van der Waals surface area contributed by atoms with Crippen LogP contribution in [-0.2, 0) is 0 Å². The molecule has 22 heavy (non-hydrogen) atoms. The third-order valence-electron chi connectivity index (χ3n) is 8.70. The molecular weight excluding hydrogens is 272 g/mol. The average Bonchev–Trinajstić information content (AvgIpc) is 2.68. The number of hydrogen-bond donors (Lipinski definition) is 2. The average molecular weight is 304 g/mol. The fourth-order valence-electron chi connectivity index (χ4n) is 7.68.